The summed E-state index contributed by atoms with van der Waals surface area (Å²) in [5.41, 5.74) is -1.37. The van der Waals surface area contributed by atoms with Crippen LogP contribution in [0.2, 0.25) is 5.02 Å². The molecule has 0 aliphatic rings. The van der Waals surface area contributed by atoms with Crippen molar-refractivity contribution < 1.29 is 24.7 Å². The van der Waals surface area contributed by atoms with Gasteiger partial charge in [0, 0.05) is 6.07 Å². The van der Waals surface area contributed by atoms with Crippen LogP contribution in [0.1, 0.15) is 11.5 Å². The van der Waals surface area contributed by atoms with Crippen molar-refractivity contribution in [2.75, 3.05) is 0 Å². The number of aliphatic carboxylic acids is 2. The number of nitro benzene ring substituents is 1. The molecule has 0 radical (unpaired) electrons. The summed E-state index contributed by atoms with van der Waals surface area (Å²) >= 11 is 5.57. The number of halogens is 1. The van der Waals surface area contributed by atoms with E-state index in [1.165, 1.54) is 6.07 Å². The van der Waals surface area contributed by atoms with E-state index in [1.54, 1.807) is 0 Å². The largest absolute Gasteiger partial charge is 0.549 e. The standard InChI is InChI=1S/C9H6ClNO6/c10-4-2-1-3-5(11(16)17)6(4)7(8(12)13)9(14)15/h1-3,7H,(H,12,13)(H,14,15)/p-2. The van der Waals surface area contributed by atoms with E-state index in [-0.39, 0.29) is 5.02 Å². The van der Waals surface area contributed by atoms with E-state index in [9.17, 15) is 29.9 Å². The van der Waals surface area contributed by atoms with Gasteiger partial charge in [-0.2, -0.15) is 0 Å². The molecule has 1 aromatic carbocycles. The van der Waals surface area contributed by atoms with E-state index in [4.69, 9.17) is 11.6 Å². The molecule has 8 heteroatoms. The summed E-state index contributed by atoms with van der Waals surface area (Å²) in [4.78, 5) is 31.0. The van der Waals surface area contributed by atoms with Gasteiger partial charge in [0.25, 0.3) is 5.69 Å². The molecule has 0 heterocycles. The molecular weight excluding hydrogens is 254 g/mol. The monoisotopic (exact) mass is 257 g/mol. The predicted octanol–water partition coefficient (Wildman–Crippen LogP) is -1.17. The topological polar surface area (TPSA) is 123 Å². The second kappa shape index (κ2) is 4.79. The van der Waals surface area contributed by atoms with E-state index in [1.807, 2.05) is 0 Å². The van der Waals surface area contributed by atoms with E-state index in [0.717, 1.165) is 12.1 Å². The molecule has 90 valence electrons. The lowest BCUT2D eigenvalue weighted by molar-refractivity contribution is -0.386. The summed E-state index contributed by atoms with van der Waals surface area (Å²) in [6.07, 6.45) is 0. The van der Waals surface area contributed by atoms with Crippen LogP contribution in [-0.4, -0.2) is 16.9 Å². The summed E-state index contributed by atoms with van der Waals surface area (Å²) in [5, 5.41) is 31.6. The van der Waals surface area contributed by atoms with Crippen LogP contribution in [0.3, 0.4) is 0 Å². The molecule has 0 aromatic heterocycles. The minimum absolute atomic E-state index is 0.349. The van der Waals surface area contributed by atoms with Gasteiger partial charge in [0.2, 0.25) is 0 Å². The molecule has 0 unspecified atom stereocenters. The number of carboxylic acids is 2. The highest BCUT2D eigenvalue weighted by molar-refractivity contribution is 6.32. The average molecular weight is 258 g/mol. The number of hydrogen-bond acceptors (Lipinski definition) is 6. The average Bonchev–Trinajstić information content (AvgIpc) is 2.19. The highest BCUT2D eigenvalue weighted by atomic mass is 35.5. The zero-order valence-corrected chi connectivity index (χ0v) is 8.84. The first-order valence-electron chi connectivity index (χ1n) is 4.20. The Morgan fingerprint density at radius 2 is 1.76 bits per heavy atom. The Morgan fingerprint density at radius 1 is 1.24 bits per heavy atom. The fraction of sp³-hybridized carbons (Fsp3) is 0.111. The first kappa shape index (κ1) is 12.9. The molecule has 0 aliphatic heterocycles. The van der Waals surface area contributed by atoms with Gasteiger partial charge in [0.15, 0.2) is 0 Å². The zero-order chi connectivity index (χ0) is 13.2. The second-order valence-corrected chi connectivity index (χ2v) is 3.41. The van der Waals surface area contributed by atoms with Gasteiger partial charge in [-0.1, -0.05) is 17.7 Å². The lowest BCUT2D eigenvalue weighted by atomic mass is 9.97. The van der Waals surface area contributed by atoms with Crippen LogP contribution in [0.4, 0.5) is 5.69 Å². The Morgan fingerprint density at radius 3 is 2.18 bits per heavy atom. The Labute approximate surface area is 99.4 Å². The highest BCUT2D eigenvalue weighted by Gasteiger charge is 2.26. The van der Waals surface area contributed by atoms with Crippen LogP contribution in [0.15, 0.2) is 18.2 Å². The summed E-state index contributed by atoms with van der Waals surface area (Å²) in [6, 6.07) is 3.29. The van der Waals surface area contributed by atoms with Crippen LogP contribution >= 0.6 is 11.6 Å². The minimum Gasteiger partial charge on any atom is -0.549 e. The van der Waals surface area contributed by atoms with Crippen molar-refractivity contribution in [3.05, 3.63) is 38.9 Å². The Kier molecular flexibility index (Phi) is 3.64. The number of rotatable bonds is 4. The summed E-state index contributed by atoms with van der Waals surface area (Å²) in [7, 11) is 0. The number of benzene rings is 1. The first-order valence-corrected chi connectivity index (χ1v) is 4.58. The second-order valence-electron chi connectivity index (χ2n) is 3.00. The number of hydrogen-bond donors (Lipinski definition) is 0. The van der Waals surface area contributed by atoms with E-state index < -0.39 is 34.0 Å². The molecule has 1 aromatic rings. The van der Waals surface area contributed by atoms with Crippen molar-refractivity contribution in [2.45, 2.75) is 5.92 Å². The van der Waals surface area contributed by atoms with Crippen molar-refractivity contribution in [2.24, 2.45) is 0 Å². The summed E-state index contributed by atoms with van der Waals surface area (Å²) < 4.78 is 0. The maximum absolute atomic E-state index is 10.7. The third kappa shape index (κ3) is 2.51. The molecule has 0 atom stereocenters. The summed E-state index contributed by atoms with van der Waals surface area (Å²) in [5.74, 6) is -6.34. The smallest absolute Gasteiger partial charge is 0.275 e. The highest BCUT2D eigenvalue weighted by Crippen LogP contribution is 2.32. The van der Waals surface area contributed by atoms with Crippen LogP contribution in [0, 0.1) is 10.1 Å². The third-order valence-corrected chi connectivity index (χ3v) is 2.32. The maximum atomic E-state index is 10.7. The fourth-order valence-corrected chi connectivity index (χ4v) is 1.58. The predicted molar refractivity (Wildman–Crippen MR) is 50.9 cm³/mol. The first-order chi connectivity index (χ1) is 7.86. The zero-order valence-electron chi connectivity index (χ0n) is 8.08. The molecule has 0 bridgehead atoms. The van der Waals surface area contributed by atoms with E-state index >= 15 is 0 Å². The fourth-order valence-electron chi connectivity index (χ4n) is 1.30. The molecule has 0 aliphatic carbocycles. The van der Waals surface area contributed by atoms with Crippen molar-refractivity contribution in [1.82, 2.24) is 0 Å². The summed E-state index contributed by atoms with van der Waals surface area (Å²) in [6.45, 7) is 0. The molecule has 0 saturated heterocycles. The van der Waals surface area contributed by atoms with Gasteiger partial charge in [-0.05, 0) is 6.07 Å². The minimum atomic E-state index is -2.29. The van der Waals surface area contributed by atoms with Crippen LogP contribution in [-0.2, 0) is 9.59 Å². The molecular formula is C9H4ClNO6-2. The van der Waals surface area contributed by atoms with E-state index in [2.05, 4.69) is 0 Å². The van der Waals surface area contributed by atoms with Gasteiger partial charge in [-0.15, -0.1) is 0 Å². The Balaban J connectivity index is 3.51. The quantitative estimate of drug-likeness (QED) is 0.380. The van der Waals surface area contributed by atoms with E-state index in [0.29, 0.717) is 0 Å². The number of nitrogens with zero attached hydrogens (tertiary/aromatic N) is 1. The molecule has 0 N–H and O–H groups in total. The Bertz CT molecular complexity index is 486. The van der Waals surface area contributed by atoms with Gasteiger partial charge >= 0.3 is 0 Å². The van der Waals surface area contributed by atoms with Crippen molar-refractivity contribution in [1.29, 1.82) is 0 Å². The molecule has 0 amide bonds. The number of carbonyl (C=O) groups is 2. The molecule has 0 fully saturated rings. The SMILES string of the molecule is O=C([O-])C(C(=O)[O-])c1c(Cl)cccc1[N+](=O)[O-]. The molecule has 0 saturated carbocycles. The van der Waals surface area contributed by atoms with Crippen molar-refractivity contribution in [3.8, 4) is 0 Å². The van der Waals surface area contributed by atoms with Gasteiger partial charge in [0.05, 0.1) is 33.4 Å². The van der Waals surface area contributed by atoms with Crippen molar-refractivity contribution >= 4 is 29.2 Å². The van der Waals surface area contributed by atoms with Gasteiger partial charge in [0.1, 0.15) is 0 Å². The molecule has 17 heavy (non-hydrogen) atoms. The lowest BCUT2D eigenvalue weighted by Gasteiger charge is -2.20. The molecule has 1 rings (SSSR count). The van der Waals surface area contributed by atoms with Gasteiger partial charge in [-0.25, -0.2) is 0 Å². The third-order valence-electron chi connectivity index (χ3n) is 1.99. The van der Waals surface area contributed by atoms with Crippen LogP contribution in [0.25, 0.3) is 0 Å². The maximum Gasteiger partial charge on any atom is 0.275 e. The van der Waals surface area contributed by atoms with Crippen molar-refractivity contribution in [3.63, 3.8) is 0 Å². The number of nitro groups is 1. The van der Waals surface area contributed by atoms with Gasteiger partial charge < -0.3 is 19.8 Å². The molecule has 0 spiro atoms. The lowest BCUT2D eigenvalue weighted by Crippen LogP contribution is -2.42. The van der Waals surface area contributed by atoms with Crippen LogP contribution < -0.4 is 10.2 Å². The molecule has 7 nitrogen and oxygen atoms in total. The van der Waals surface area contributed by atoms with Gasteiger partial charge in [-0.3, -0.25) is 10.1 Å². The number of carboxylic acid groups (broad SMARTS) is 2. The van der Waals surface area contributed by atoms with Crippen LogP contribution in [0.5, 0.6) is 0 Å². The Hall–Kier alpha value is -2.15. The normalized spacial score (nSPS) is 10.2. The number of carbonyl (C=O) groups excluding carboxylic acids is 2.